The van der Waals surface area contributed by atoms with Crippen molar-refractivity contribution in [1.82, 2.24) is 0 Å². The lowest BCUT2D eigenvalue weighted by molar-refractivity contribution is 0.0985. The van der Waals surface area contributed by atoms with Crippen LogP contribution < -0.4 is 9.64 Å². The molecule has 0 spiro atoms. The fraction of sp³-hybridized carbons (Fsp3) is 0.316. The minimum absolute atomic E-state index is 0.0250. The van der Waals surface area contributed by atoms with Crippen LogP contribution in [0.15, 0.2) is 48.5 Å². The quantitative estimate of drug-likeness (QED) is 0.778. The predicted octanol–water partition coefficient (Wildman–Crippen LogP) is 4.07. The molecule has 3 nitrogen and oxygen atoms in total. The van der Waals surface area contributed by atoms with Crippen LogP contribution in [0.2, 0.25) is 0 Å². The number of para-hydroxylation sites is 2. The van der Waals surface area contributed by atoms with E-state index in [1.54, 1.807) is 0 Å². The predicted molar refractivity (Wildman–Crippen MR) is 88.7 cm³/mol. The zero-order valence-electron chi connectivity index (χ0n) is 12.9. The lowest BCUT2D eigenvalue weighted by Crippen LogP contribution is -2.29. The van der Waals surface area contributed by atoms with E-state index >= 15 is 0 Å². The Morgan fingerprint density at radius 3 is 2.77 bits per heavy atom. The van der Waals surface area contributed by atoms with Crippen LogP contribution in [0, 0.1) is 0 Å². The highest BCUT2D eigenvalue weighted by molar-refractivity contribution is 6.08. The summed E-state index contributed by atoms with van der Waals surface area (Å²) in [7, 11) is 0. The van der Waals surface area contributed by atoms with E-state index in [9.17, 15) is 4.79 Å². The Labute approximate surface area is 131 Å². The third-order valence-electron chi connectivity index (χ3n) is 4.01. The summed E-state index contributed by atoms with van der Waals surface area (Å²) in [6.07, 6.45) is 2.99. The average Bonchev–Trinajstić information content (AvgIpc) is 2.99. The van der Waals surface area contributed by atoms with Crippen molar-refractivity contribution in [2.75, 3.05) is 18.1 Å². The number of ether oxygens (including phenoxy) is 1. The molecule has 1 amide bonds. The van der Waals surface area contributed by atoms with Crippen LogP contribution in [0.4, 0.5) is 5.69 Å². The maximum atomic E-state index is 12.9. The summed E-state index contributed by atoms with van der Waals surface area (Å²) in [4.78, 5) is 14.8. The van der Waals surface area contributed by atoms with Crippen molar-refractivity contribution < 1.29 is 9.53 Å². The van der Waals surface area contributed by atoms with Gasteiger partial charge in [-0.05, 0) is 36.6 Å². The largest absolute Gasteiger partial charge is 0.493 e. The first kappa shape index (κ1) is 14.6. The van der Waals surface area contributed by atoms with Gasteiger partial charge in [0.15, 0.2) is 0 Å². The molecule has 22 heavy (non-hydrogen) atoms. The molecule has 0 aromatic heterocycles. The van der Waals surface area contributed by atoms with Gasteiger partial charge in [0.05, 0.1) is 12.2 Å². The molecule has 0 bridgehead atoms. The van der Waals surface area contributed by atoms with Crippen LogP contribution in [0.5, 0.6) is 5.75 Å². The number of carbonyl (C=O) groups is 1. The Morgan fingerprint density at radius 2 is 1.91 bits per heavy atom. The minimum Gasteiger partial charge on any atom is -0.493 e. The average molecular weight is 295 g/mol. The molecule has 3 heteroatoms. The standard InChI is InChI=1S/C19H21NO2/c1-2-3-14-22-18-11-7-5-9-16(18)19(21)20-13-12-15-8-4-6-10-17(15)20/h4-11H,2-3,12-14H2,1H3. The number of rotatable bonds is 5. The third-order valence-corrected chi connectivity index (χ3v) is 4.01. The van der Waals surface area contributed by atoms with Crippen LogP contribution in [-0.4, -0.2) is 19.1 Å². The second-order valence-corrected chi connectivity index (χ2v) is 5.53. The highest BCUT2D eigenvalue weighted by Crippen LogP contribution is 2.30. The summed E-state index contributed by atoms with van der Waals surface area (Å²) in [6, 6.07) is 15.6. The topological polar surface area (TPSA) is 29.5 Å². The van der Waals surface area contributed by atoms with Gasteiger partial charge in [-0.25, -0.2) is 0 Å². The SMILES string of the molecule is CCCCOc1ccccc1C(=O)N1CCc2ccccc21. The molecule has 1 aliphatic rings. The van der Waals surface area contributed by atoms with Gasteiger partial charge in [-0.3, -0.25) is 4.79 Å². The van der Waals surface area contributed by atoms with Crippen molar-refractivity contribution in [2.24, 2.45) is 0 Å². The van der Waals surface area contributed by atoms with Gasteiger partial charge in [0.2, 0.25) is 0 Å². The Bertz CT molecular complexity index is 666. The highest BCUT2D eigenvalue weighted by atomic mass is 16.5. The molecular formula is C19H21NO2. The Balaban J connectivity index is 1.84. The minimum atomic E-state index is 0.0250. The van der Waals surface area contributed by atoms with E-state index in [0.29, 0.717) is 17.9 Å². The van der Waals surface area contributed by atoms with Crippen LogP contribution in [0.25, 0.3) is 0 Å². The summed E-state index contributed by atoms with van der Waals surface area (Å²) in [5.74, 6) is 0.711. The number of unbranched alkanes of at least 4 members (excludes halogenated alkanes) is 1. The van der Waals surface area contributed by atoms with E-state index in [0.717, 1.165) is 31.5 Å². The molecule has 2 aromatic carbocycles. The zero-order chi connectivity index (χ0) is 15.4. The van der Waals surface area contributed by atoms with E-state index in [2.05, 4.69) is 13.0 Å². The van der Waals surface area contributed by atoms with Gasteiger partial charge < -0.3 is 9.64 Å². The van der Waals surface area contributed by atoms with Crippen LogP contribution in [0.1, 0.15) is 35.7 Å². The summed E-state index contributed by atoms with van der Waals surface area (Å²) in [5.41, 5.74) is 2.91. The number of benzene rings is 2. The monoisotopic (exact) mass is 295 g/mol. The molecule has 2 aromatic rings. The number of nitrogens with zero attached hydrogens (tertiary/aromatic N) is 1. The number of amides is 1. The Kier molecular flexibility index (Phi) is 4.42. The van der Waals surface area contributed by atoms with Gasteiger partial charge in [-0.1, -0.05) is 43.7 Å². The summed E-state index contributed by atoms with van der Waals surface area (Å²) >= 11 is 0. The smallest absolute Gasteiger partial charge is 0.262 e. The van der Waals surface area contributed by atoms with Crippen molar-refractivity contribution in [3.05, 3.63) is 59.7 Å². The van der Waals surface area contributed by atoms with Gasteiger partial charge in [-0.15, -0.1) is 0 Å². The van der Waals surface area contributed by atoms with Crippen molar-refractivity contribution >= 4 is 11.6 Å². The summed E-state index contributed by atoms with van der Waals surface area (Å²) in [5, 5.41) is 0. The molecule has 114 valence electrons. The molecule has 0 radical (unpaired) electrons. The van der Waals surface area contributed by atoms with Crippen LogP contribution in [0.3, 0.4) is 0 Å². The Hall–Kier alpha value is -2.29. The lowest BCUT2D eigenvalue weighted by Gasteiger charge is -2.19. The molecule has 0 saturated heterocycles. The fourth-order valence-corrected chi connectivity index (χ4v) is 2.79. The van der Waals surface area contributed by atoms with E-state index < -0.39 is 0 Å². The van der Waals surface area contributed by atoms with Crippen LogP contribution >= 0.6 is 0 Å². The van der Waals surface area contributed by atoms with E-state index in [-0.39, 0.29) is 5.91 Å². The number of carbonyl (C=O) groups excluding carboxylic acids is 1. The highest BCUT2D eigenvalue weighted by Gasteiger charge is 2.26. The van der Waals surface area contributed by atoms with Gasteiger partial charge in [-0.2, -0.15) is 0 Å². The van der Waals surface area contributed by atoms with Gasteiger partial charge in [0, 0.05) is 12.2 Å². The van der Waals surface area contributed by atoms with Gasteiger partial charge in [0.1, 0.15) is 5.75 Å². The van der Waals surface area contributed by atoms with Crippen molar-refractivity contribution in [3.8, 4) is 5.75 Å². The first-order valence-electron chi connectivity index (χ1n) is 7.93. The molecule has 1 aliphatic heterocycles. The zero-order valence-corrected chi connectivity index (χ0v) is 12.9. The van der Waals surface area contributed by atoms with E-state index in [1.807, 2.05) is 47.4 Å². The number of fused-ring (bicyclic) bond motifs is 1. The molecule has 0 unspecified atom stereocenters. The van der Waals surface area contributed by atoms with E-state index in [4.69, 9.17) is 4.74 Å². The molecular weight excluding hydrogens is 274 g/mol. The molecule has 0 N–H and O–H groups in total. The molecule has 0 saturated carbocycles. The van der Waals surface area contributed by atoms with Gasteiger partial charge in [0.25, 0.3) is 5.91 Å². The van der Waals surface area contributed by atoms with Crippen molar-refractivity contribution in [3.63, 3.8) is 0 Å². The van der Waals surface area contributed by atoms with Crippen molar-refractivity contribution in [2.45, 2.75) is 26.2 Å². The fourth-order valence-electron chi connectivity index (χ4n) is 2.79. The van der Waals surface area contributed by atoms with E-state index in [1.165, 1.54) is 5.56 Å². The molecule has 0 atom stereocenters. The number of hydrogen-bond acceptors (Lipinski definition) is 2. The molecule has 3 rings (SSSR count). The third kappa shape index (κ3) is 2.84. The second kappa shape index (κ2) is 6.65. The maximum absolute atomic E-state index is 12.9. The first-order valence-corrected chi connectivity index (χ1v) is 7.93. The van der Waals surface area contributed by atoms with Crippen LogP contribution in [-0.2, 0) is 6.42 Å². The van der Waals surface area contributed by atoms with Gasteiger partial charge >= 0.3 is 0 Å². The number of anilines is 1. The number of hydrogen-bond donors (Lipinski definition) is 0. The van der Waals surface area contributed by atoms with Crippen molar-refractivity contribution in [1.29, 1.82) is 0 Å². The molecule has 0 aliphatic carbocycles. The normalized spacial score (nSPS) is 13.0. The maximum Gasteiger partial charge on any atom is 0.262 e. The first-order chi connectivity index (χ1) is 10.8. The Morgan fingerprint density at radius 1 is 1.14 bits per heavy atom. The molecule has 1 heterocycles. The summed E-state index contributed by atoms with van der Waals surface area (Å²) in [6.45, 7) is 3.51. The lowest BCUT2D eigenvalue weighted by atomic mass is 10.1. The summed E-state index contributed by atoms with van der Waals surface area (Å²) < 4.78 is 5.80. The second-order valence-electron chi connectivity index (χ2n) is 5.53. The molecule has 0 fully saturated rings.